The molecule has 4 nitrogen and oxygen atoms in total. The molecule has 0 unspecified atom stereocenters. The summed E-state index contributed by atoms with van der Waals surface area (Å²) in [4.78, 5) is 0. The van der Waals surface area contributed by atoms with Gasteiger partial charge in [-0.15, -0.1) is 0 Å². The summed E-state index contributed by atoms with van der Waals surface area (Å²) in [6.45, 7) is 3.40. The van der Waals surface area contributed by atoms with E-state index < -0.39 is 0 Å². The smallest absolute Gasteiger partial charge is 0.138 e. The van der Waals surface area contributed by atoms with Crippen molar-refractivity contribution >= 4 is 15.9 Å². The molecule has 1 aromatic carbocycles. The second-order valence-electron chi connectivity index (χ2n) is 3.74. The highest BCUT2D eigenvalue weighted by molar-refractivity contribution is 9.10. The van der Waals surface area contributed by atoms with Crippen molar-refractivity contribution in [2.75, 3.05) is 40.6 Å². The fourth-order valence-electron chi connectivity index (χ4n) is 1.48. The number of methoxy groups -OCH3 is 2. The maximum atomic E-state index is 5.72. The molecule has 1 rings (SSSR count). The van der Waals surface area contributed by atoms with Crippen molar-refractivity contribution in [2.24, 2.45) is 0 Å². The number of nitrogens with one attached hydrogen (secondary N) is 1. The van der Waals surface area contributed by atoms with Crippen molar-refractivity contribution in [3.8, 4) is 5.75 Å². The molecule has 0 aliphatic carbocycles. The molecule has 1 N–H and O–H groups in total. The van der Waals surface area contributed by atoms with Crippen molar-refractivity contribution in [1.29, 1.82) is 0 Å². The zero-order chi connectivity index (χ0) is 13.2. The average molecular weight is 318 g/mol. The van der Waals surface area contributed by atoms with Gasteiger partial charge in [-0.3, -0.25) is 0 Å². The molecule has 0 fully saturated rings. The molecule has 0 aliphatic rings. The van der Waals surface area contributed by atoms with Crippen LogP contribution in [0.2, 0.25) is 0 Å². The van der Waals surface area contributed by atoms with E-state index in [4.69, 9.17) is 14.2 Å². The van der Waals surface area contributed by atoms with Gasteiger partial charge in [0, 0.05) is 32.9 Å². The molecule has 0 heterocycles. The zero-order valence-corrected chi connectivity index (χ0v) is 12.5. The monoisotopic (exact) mass is 317 g/mol. The molecule has 0 radical (unpaired) electrons. The number of halogens is 1. The normalized spacial score (nSPS) is 10.6. The lowest BCUT2D eigenvalue weighted by molar-refractivity contribution is 0.145. The lowest BCUT2D eigenvalue weighted by atomic mass is 10.2. The van der Waals surface area contributed by atoms with Crippen LogP contribution in [0.5, 0.6) is 5.75 Å². The van der Waals surface area contributed by atoms with Gasteiger partial charge in [-0.2, -0.15) is 0 Å². The van der Waals surface area contributed by atoms with Crippen LogP contribution < -0.4 is 10.1 Å². The minimum Gasteiger partial charge on any atom is -0.490 e. The summed E-state index contributed by atoms with van der Waals surface area (Å²) >= 11 is 3.50. The number of para-hydroxylation sites is 1. The Morgan fingerprint density at radius 1 is 1.11 bits per heavy atom. The van der Waals surface area contributed by atoms with Gasteiger partial charge in [0.15, 0.2) is 0 Å². The highest BCUT2D eigenvalue weighted by Crippen LogP contribution is 2.28. The molecule has 1 aromatic rings. The van der Waals surface area contributed by atoms with Crippen molar-refractivity contribution in [2.45, 2.75) is 6.54 Å². The molecular formula is C13H20BrNO3. The Morgan fingerprint density at radius 2 is 1.89 bits per heavy atom. The van der Waals surface area contributed by atoms with E-state index in [1.165, 1.54) is 0 Å². The van der Waals surface area contributed by atoms with E-state index >= 15 is 0 Å². The molecule has 0 spiro atoms. The Morgan fingerprint density at radius 3 is 2.61 bits per heavy atom. The van der Waals surface area contributed by atoms with Crippen LogP contribution in [0.3, 0.4) is 0 Å². The second-order valence-corrected chi connectivity index (χ2v) is 4.59. The van der Waals surface area contributed by atoms with Crippen LogP contribution in [-0.2, 0) is 16.0 Å². The van der Waals surface area contributed by atoms with Crippen LogP contribution in [0.1, 0.15) is 5.56 Å². The number of hydrogen-bond donors (Lipinski definition) is 1. The summed E-state index contributed by atoms with van der Waals surface area (Å²) in [6.07, 6.45) is 0. The summed E-state index contributed by atoms with van der Waals surface area (Å²) in [6, 6.07) is 6.02. The number of hydrogen-bond acceptors (Lipinski definition) is 4. The van der Waals surface area contributed by atoms with E-state index in [1.807, 2.05) is 18.2 Å². The molecule has 0 aromatic heterocycles. The van der Waals surface area contributed by atoms with Gasteiger partial charge in [-0.05, 0) is 22.0 Å². The Bertz CT molecular complexity index is 347. The van der Waals surface area contributed by atoms with Gasteiger partial charge in [0.05, 0.1) is 17.7 Å². The van der Waals surface area contributed by atoms with Gasteiger partial charge in [0.25, 0.3) is 0 Å². The Hall–Kier alpha value is -0.620. The minimum absolute atomic E-state index is 0.546. The third-order valence-corrected chi connectivity index (χ3v) is 3.01. The van der Waals surface area contributed by atoms with Crippen LogP contribution in [-0.4, -0.2) is 40.6 Å². The fourth-order valence-corrected chi connectivity index (χ4v) is 2.00. The Labute approximate surface area is 117 Å². The molecule has 18 heavy (non-hydrogen) atoms. The lowest BCUT2D eigenvalue weighted by Crippen LogP contribution is -2.19. The SMILES string of the molecule is COCCNCc1cccc(Br)c1OCCOC. The van der Waals surface area contributed by atoms with E-state index in [-0.39, 0.29) is 0 Å². The maximum Gasteiger partial charge on any atom is 0.138 e. The molecule has 0 aliphatic heterocycles. The van der Waals surface area contributed by atoms with E-state index in [1.54, 1.807) is 14.2 Å². The van der Waals surface area contributed by atoms with Crippen LogP contribution in [0.4, 0.5) is 0 Å². The number of rotatable bonds is 9. The third kappa shape index (κ3) is 5.35. The standard InChI is InChI=1S/C13H20BrNO3/c1-16-7-6-15-10-11-4-3-5-12(14)13(11)18-9-8-17-2/h3-5,15H,6-10H2,1-2H3. The first kappa shape index (κ1) is 15.4. The van der Waals surface area contributed by atoms with E-state index in [2.05, 4.69) is 21.2 Å². The largest absolute Gasteiger partial charge is 0.490 e. The highest BCUT2D eigenvalue weighted by atomic mass is 79.9. The zero-order valence-electron chi connectivity index (χ0n) is 10.9. The highest BCUT2D eigenvalue weighted by Gasteiger charge is 2.07. The van der Waals surface area contributed by atoms with Crippen molar-refractivity contribution < 1.29 is 14.2 Å². The third-order valence-electron chi connectivity index (χ3n) is 2.38. The van der Waals surface area contributed by atoms with Crippen LogP contribution in [0.15, 0.2) is 22.7 Å². The molecule has 0 atom stereocenters. The summed E-state index contributed by atoms with van der Waals surface area (Å²) in [5, 5.41) is 3.30. The second kappa shape index (κ2) is 9.33. The molecule has 5 heteroatoms. The number of ether oxygens (including phenoxy) is 3. The predicted molar refractivity (Wildman–Crippen MR) is 75.1 cm³/mol. The molecule has 0 bridgehead atoms. The average Bonchev–Trinajstić information content (AvgIpc) is 2.37. The van der Waals surface area contributed by atoms with Crippen LogP contribution in [0, 0.1) is 0 Å². The van der Waals surface area contributed by atoms with Crippen molar-refractivity contribution in [3.63, 3.8) is 0 Å². The Kier molecular flexibility index (Phi) is 8.00. The number of benzene rings is 1. The molecular weight excluding hydrogens is 298 g/mol. The summed E-state index contributed by atoms with van der Waals surface area (Å²) in [5.74, 6) is 0.875. The summed E-state index contributed by atoms with van der Waals surface area (Å²) in [7, 11) is 3.36. The van der Waals surface area contributed by atoms with Crippen LogP contribution >= 0.6 is 15.9 Å². The first-order valence-electron chi connectivity index (χ1n) is 5.88. The topological polar surface area (TPSA) is 39.7 Å². The van der Waals surface area contributed by atoms with E-state index in [0.29, 0.717) is 19.8 Å². The van der Waals surface area contributed by atoms with Gasteiger partial charge in [-0.1, -0.05) is 12.1 Å². The van der Waals surface area contributed by atoms with Gasteiger partial charge in [-0.25, -0.2) is 0 Å². The minimum atomic E-state index is 0.546. The van der Waals surface area contributed by atoms with Crippen LogP contribution in [0.25, 0.3) is 0 Å². The summed E-state index contributed by atoms with van der Waals surface area (Å²) in [5.41, 5.74) is 1.12. The molecule has 102 valence electrons. The Balaban J connectivity index is 2.56. The lowest BCUT2D eigenvalue weighted by Gasteiger charge is -2.13. The molecule has 0 saturated heterocycles. The van der Waals surface area contributed by atoms with Gasteiger partial charge in [0.1, 0.15) is 12.4 Å². The van der Waals surface area contributed by atoms with Crippen molar-refractivity contribution in [3.05, 3.63) is 28.2 Å². The van der Waals surface area contributed by atoms with Gasteiger partial charge in [0.2, 0.25) is 0 Å². The van der Waals surface area contributed by atoms with Crippen molar-refractivity contribution in [1.82, 2.24) is 5.32 Å². The predicted octanol–water partition coefficient (Wildman–Crippen LogP) is 2.21. The molecule has 0 saturated carbocycles. The fraction of sp³-hybridized carbons (Fsp3) is 0.538. The van der Waals surface area contributed by atoms with E-state index in [9.17, 15) is 0 Å². The quantitative estimate of drug-likeness (QED) is 0.709. The summed E-state index contributed by atoms with van der Waals surface area (Å²) < 4.78 is 16.7. The van der Waals surface area contributed by atoms with Gasteiger partial charge < -0.3 is 19.5 Å². The maximum absolute atomic E-state index is 5.72. The van der Waals surface area contributed by atoms with Gasteiger partial charge >= 0.3 is 0 Å². The first-order valence-corrected chi connectivity index (χ1v) is 6.67. The molecule has 0 amide bonds. The van der Waals surface area contributed by atoms with E-state index in [0.717, 1.165) is 28.9 Å². The first-order chi connectivity index (χ1) is 8.79.